The lowest BCUT2D eigenvalue weighted by Gasteiger charge is -2.44. The quantitative estimate of drug-likeness (QED) is 0.474. The Hall–Kier alpha value is -3.39. The van der Waals surface area contributed by atoms with Crippen molar-refractivity contribution in [3.8, 4) is 10.4 Å². The summed E-state index contributed by atoms with van der Waals surface area (Å²) in [5.41, 5.74) is 2.51. The largest absolute Gasteiger partial charge is 0.350 e. The molecule has 2 fully saturated rings. The Labute approximate surface area is 188 Å². The third-order valence-corrected chi connectivity index (χ3v) is 7.31. The first-order valence-corrected chi connectivity index (χ1v) is 11.4. The van der Waals surface area contributed by atoms with Gasteiger partial charge in [-0.3, -0.25) is 9.78 Å². The zero-order valence-corrected chi connectivity index (χ0v) is 18.2. The molecule has 2 atom stereocenters. The molecule has 32 heavy (non-hydrogen) atoms. The summed E-state index contributed by atoms with van der Waals surface area (Å²) >= 11 is 1.36. The van der Waals surface area contributed by atoms with Crippen LogP contribution in [-0.2, 0) is 0 Å². The van der Waals surface area contributed by atoms with E-state index in [2.05, 4.69) is 14.9 Å². The summed E-state index contributed by atoms with van der Waals surface area (Å²) in [6.07, 6.45) is 1.81. The Bertz CT molecular complexity index is 1360. The van der Waals surface area contributed by atoms with E-state index < -0.39 is 0 Å². The molecule has 0 unspecified atom stereocenters. The van der Waals surface area contributed by atoms with Gasteiger partial charge in [-0.15, -0.1) is 11.3 Å². The van der Waals surface area contributed by atoms with Crippen LogP contribution in [0.2, 0.25) is 0 Å². The van der Waals surface area contributed by atoms with Gasteiger partial charge in [-0.2, -0.15) is 0 Å². The maximum absolute atomic E-state index is 14.4. The van der Waals surface area contributed by atoms with Gasteiger partial charge in [0.2, 0.25) is 0 Å². The summed E-state index contributed by atoms with van der Waals surface area (Å²) in [5.74, 6) is 0.763. The number of nitrogens with zero attached hydrogens (tertiary/aromatic N) is 5. The number of halogens is 1. The highest BCUT2D eigenvalue weighted by molar-refractivity contribution is 7.15. The number of para-hydroxylation sites is 2. The molecule has 0 bridgehead atoms. The number of carbonyl (C=O) groups excluding carboxylic acids is 1. The number of hydrogen-bond donors (Lipinski definition) is 0. The van der Waals surface area contributed by atoms with Crippen LogP contribution in [0.3, 0.4) is 0 Å². The number of thiazole rings is 1. The van der Waals surface area contributed by atoms with Crippen LogP contribution in [0.4, 0.5) is 10.2 Å². The summed E-state index contributed by atoms with van der Waals surface area (Å²) in [7, 11) is 0. The van der Waals surface area contributed by atoms with Crippen LogP contribution in [0.15, 0.2) is 54.7 Å². The average Bonchev–Trinajstić information content (AvgIpc) is 3.34. The van der Waals surface area contributed by atoms with E-state index in [0.29, 0.717) is 35.1 Å². The number of aromatic nitrogens is 3. The van der Waals surface area contributed by atoms with E-state index in [4.69, 9.17) is 4.98 Å². The molecule has 0 saturated carbocycles. The molecular formula is C24H20FN5OS. The van der Waals surface area contributed by atoms with Gasteiger partial charge < -0.3 is 9.80 Å². The fourth-order valence-electron chi connectivity index (χ4n) is 4.70. The second-order valence-corrected chi connectivity index (χ2v) is 9.50. The molecule has 6 rings (SSSR count). The molecule has 0 spiro atoms. The highest BCUT2D eigenvalue weighted by Crippen LogP contribution is 2.38. The highest BCUT2D eigenvalue weighted by atomic mass is 32.1. The van der Waals surface area contributed by atoms with Crippen LogP contribution in [0.5, 0.6) is 0 Å². The average molecular weight is 446 g/mol. The molecule has 2 aromatic carbocycles. The molecular weight excluding hydrogens is 425 g/mol. The fourth-order valence-corrected chi connectivity index (χ4v) is 5.64. The van der Waals surface area contributed by atoms with E-state index in [1.54, 1.807) is 18.2 Å². The van der Waals surface area contributed by atoms with Crippen molar-refractivity contribution in [3.63, 3.8) is 0 Å². The molecule has 1 amide bonds. The van der Waals surface area contributed by atoms with Crippen LogP contribution in [-0.4, -0.2) is 51.4 Å². The van der Waals surface area contributed by atoms with Gasteiger partial charge in [0.15, 0.2) is 0 Å². The van der Waals surface area contributed by atoms with Gasteiger partial charge in [-0.25, -0.2) is 14.4 Å². The number of anilines is 1. The van der Waals surface area contributed by atoms with E-state index >= 15 is 0 Å². The van der Waals surface area contributed by atoms with Crippen molar-refractivity contribution in [2.24, 2.45) is 5.92 Å². The van der Waals surface area contributed by atoms with Crippen molar-refractivity contribution in [3.05, 3.63) is 71.2 Å². The zero-order valence-electron chi connectivity index (χ0n) is 17.4. The summed E-state index contributed by atoms with van der Waals surface area (Å²) in [5, 5.41) is 0.752. The topological polar surface area (TPSA) is 62.2 Å². The van der Waals surface area contributed by atoms with Crippen molar-refractivity contribution < 1.29 is 9.18 Å². The van der Waals surface area contributed by atoms with Crippen molar-refractivity contribution in [2.75, 3.05) is 24.5 Å². The van der Waals surface area contributed by atoms with Crippen LogP contribution in [0, 0.1) is 18.7 Å². The van der Waals surface area contributed by atoms with Gasteiger partial charge in [0, 0.05) is 31.1 Å². The van der Waals surface area contributed by atoms with E-state index in [-0.39, 0.29) is 17.8 Å². The minimum absolute atomic E-state index is 0.133. The predicted octanol–water partition coefficient (Wildman–Crippen LogP) is 4.16. The third kappa shape index (κ3) is 3.05. The number of likely N-dealkylation sites (tertiary alicyclic amines) is 1. The van der Waals surface area contributed by atoms with E-state index in [0.717, 1.165) is 28.4 Å². The maximum atomic E-state index is 14.4. The van der Waals surface area contributed by atoms with E-state index in [9.17, 15) is 9.18 Å². The smallest absolute Gasteiger partial charge is 0.274 e. The number of aryl methyl sites for hydroxylation is 1. The zero-order chi connectivity index (χ0) is 21.8. The van der Waals surface area contributed by atoms with Crippen LogP contribution < -0.4 is 4.90 Å². The first kappa shape index (κ1) is 19.3. The number of carbonyl (C=O) groups is 1. The maximum Gasteiger partial charge on any atom is 0.274 e. The Morgan fingerprint density at radius 2 is 1.81 bits per heavy atom. The first-order valence-electron chi connectivity index (χ1n) is 10.6. The Morgan fingerprint density at radius 3 is 2.66 bits per heavy atom. The lowest BCUT2D eigenvalue weighted by Crippen LogP contribution is -2.56. The predicted molar refractivity (Wildman–Crippen MR) is 122 cm³/mol. The Kier molecular flexibility index (Phi) is 4.43. The number of amides is 1. The molecule has 2 aromatic heterocycles. The lowest BCUT2D eigenvalue weighted by molar-refractivity contribution is 0.0785. The summed E-state index contributed by atoms with van der Waals surface area (Å²) in [4.78, 5) is 31.8. The monoisotopic (exact) mass is 445 g/mol. The SMILES string of the molecule is Cc1nc(C(=O)N2C[C@H]3CN(c4cnc5ccccc5n4)[C@@H]3C2)c(-c2ccccc2F)s1. The normalized spacial score (nSPS) is 19.8. The van der Waals surface area contributed by atoms with Crippen LogP contribution >= 0.6 is 11.3 Å². The van der Waals surface area contributed by atoms with Gasteiger partial charge in [0.05, 0.1) is 33.2 Å². The minimum atomic E-state index is -0.340. The standard InChI is InChI=1S/C24H20FN5OS/c1-14-27-22(23(32-14)16-6-2-3-7-17(16)25)24(31)29-11-15-12-30(20(15)13-29)21-10-26-18-8-4-5-9-19(18)28-21/h2-10,15,20H,11-13H2,1H3/t15-,20+/m0/s1. The van der Waals surface area contributed by atoms with E-state index in [1.807, 2.05) is 42.3 Å². The van der Waals surface area contributed by atoms with Crippen LogP contribution in [0.25, 0.3) is 21.5 Å². The molecule has 160 valence electrons. The summed E-state index contributed by atoms with van der Waals surface area (Å²) in [6.45, 7) is 3.97. The molecule has 0 N–H and O–H groups in total. The highest BCUT2D eigenvalue weighted by Gasteiger charge is 2.48. The summed E-state index contributed by atoms with van der Waals surface area (Å²) in [6, 6.07) is 14.6. The van der Waals surface area contributed by atoms with Gasteiger partial charge in [0.1, 0.15) is 17.3 Å². The van der Waals surface area contributed by atoms with Crippen LogP contribution in [0.1, 0.15) is 15.5 Å². The van der Waals surface area contributed by atoms with Crippen molar-refractivity contribution >= 4 is 34.1 Å². The number of rotatable bonds is 3. The fraction of sp³-hybridized carbons (Fsp3) is 0.250. The van der Waals surface area contributed by atoms with Gasteiger partial charge in [-0.05, 0) is 25.1 Å². The first-order chi connectivity index (χ1) is 15.6. The number of hydrogen-bond acceptors (Lipinski definition) is 6. The Morgan fingerprint density at radius 1 is 1.03 bits per heavy atom. The molecule has 4 aromatic rings. The molecule has 2 saturated heterocycles. The second kappa shape index (κ2) is 7.34. The molecule has 2 aliphatic heterocycles. The van der Waals surface area contributed by atoms with Gasteiger partial charge in [0.25, 0.3) is 5.91 Å². The number of fused-ring (bicyclic) bond motifs is 2. The van der Waals surface area contributed by atoms with Crippen molar-refractivity contribution in [1.82, 2.24) is 19.9 Å². The molecule has 4 heterocycles. The summed E-state index contributed by atoms with van der Waals surface area (Å²) < 4.78 is 14.4. The van der Waals surface area contributed by atoms with Gasteiger partial charge in [-0.1, -0.05) is 30.3 Å². The number of benzene rings is 2. The third-order valence-electron chi connectivity index (χ3n) is 6.31. The second-order valence-electron chi connectivity index (χ2n) is 8.30. The van der Waals surface area contributed by atoms with Gasteiger partial charge >= 0.3 is 0 Å². The van der Waals surface area contributed by atoms with Crippen molar-refractivity contribution in [2.45, 2.75) is 13.0 Å². The molecule has 8 heteroatoms. The molecule has 2 aliphatic rings. The Balaban J connectivity index is 1.25. The lowest BCUT2D eigenvalue weighted by atomic mass is 9.92. The molecule has 0 radical (unpaired) electrons. The molecule has 0 aliphatic carbocycles. The molecule has 6 nitrogen and oxygen atoms in total. The minimum Gasteiger partial charge on any atom is -0.350 e. The van der Waals surface area contributed by atoms with Crippen molar-refractivity contribution in [1.29, 1.82) is 0 Å². The van der Waals surface area contributed by atoms with E-state index in [1.165, 1.54) is 17.4 Å².